The Morgan fingerprint density at radius 1 is 1.00 bits per heavy atom. The van der Waals surface area contributed by atoms with Crippen molar-refractivity contribution in [1.82, 2.24) is 0 Å². The topological polar surface area (TPSA) is 0 Å². The van der Waals surface area contributed by atoms with Crippen LogP contribution >= 0.6 is 0 Å². The maximum atomic E-state index is 0. The second kappa shape index (κ2) is 21.7. The minimum absolute atomic E-state index is 0. The van der Waals surface area contributed by atoms with E-state index in [-0.39, 0.29) is 62.2 Å². The van der Waals surface area contributed by atoms with Crippen molar-refractivity contribution in [1.29, 1.82) is 0 Å². The van der Waals surface area contributed by atoms with Crippen molar-refractivity contribution < 1.29 is 52.1 Å². The molecule has 0 aromatic heterocycles. The first kappa shape index (κ1) is 42.0. The van der Waals surface area contributed by atoms with Gasteiger partial charge in [0.05, 0.1) is 0 Å². The third kappa shape index (κ3) is 9.24. The van der Waals surface area contributed by atoms with Crippen molar-refractivity contribution in [2.75, 3.05) is 0 Å². The molecule has 4 heteroatoms. The molecule has 0 rings (SSSR count). The summed E-state index contributed by atoms with van der Waals surface area (Å²) in [5.74, 6) is 0. The smallest absolute Gasteiger partial charge is 1.00 e. The van der Waals surface area contributed by atoms with Crippen molar-refractivity contribution in [3.8, 4) is 0 Å². The van der Waals surface area contributed by atoms with Crippen LogP contribution in [0.2, 0.25) is 0 Å². The van der Waals surface area contributed by atoms with Crippen molar-refractivity contribution >= 4 is 10.1 Å². The molecule has 0 fully saturated rings. The first-order valence-electron chi connectivity index (χ1n) is 0. The first-order chi connectivity index (χ1) is 0. The predicted octanol–water partition coefficient (Wildman–Crippen LogP) is -0.388. The van der Waals surface area contributed by atoms with Gasteiger partial charge in [-0.1, -0.05) is 0 Å². The van der Waals surface area contributed by atoms with Gasteiger partial charge < -0.3 is 0 Å². The fourth-order valence-electron chi connectivity index (χ4n) is 0. The number of rotatable bonds is 0. The molecular weight excluding hydrogens is 182 g/mol. The fourth-order valence-corrected chi connectivity index (χ4v) is 0. The van der Waals surface area contributed by atoms with Crippen LogP contribution in [0.25, 0.3) is 0 Å². The third-order valence-electron chi connectivity index (χ3n) is 0. The van der Waals surface area contributed by atoms with E-state index in [9.17, 15) is 0 Å². The zero-order valence-electron chi connectivity index (χ0n) is 1.77. The molecule has 4 heavy (non-hydrogen) atoms. The van der Waals surface area contributed by atoms with Crippen LogP contribution in [-0.2, 0) is 52.1 Å². The first-order valence-corrected chi connectivity index (χ1v) is 0. The fraction of sp³-hybridized carbons (Fsp3) is 0. The standard InChI is InChI=1S/Be.Cu.Ni.V/q+2;+1;2*+2. The molecule has 0 unspecified atom stereocenters. The summed E-state index contributed by atoms with van der Waals surface area (Å²) in [6.45, 7) is 0. The molecule has 0 spiro atoms. The Labute approximate surface area is 62.0 Å². The van der Waals surface area contributed by atoms with E-state index in [2.05, 4.69) is 0 Å². The minimum atomic E-state index is 0. The van der Waals surface area contributed by atoms with E-state index in [1.165, 1.54) is 0 Å². The van der Waals surface area contributed by atoms with Crippen molar-refractivity contribution in [3.05, 3.63) is 0 Å². The largest absolute Gasteiger partial charge is 2.00 e. The van der Waals surface area contributed by atoms with Gasteiger partial charge in [-0.25, -0.2) is 0 Å². The summed E-state index contributed by atoms with van der Waals surface area (Å²) < 4.78 is 0. The second-order valence-corrected chi connectivity index (χ2v) is 0. The Hall–Kier alpha value is 1.77. The summed E-state index contributed by atoms with van der Waals surface area (Å²) in [6.07, 6.45) is 0. The van der Waals surface area contributed by atoms with Crippen LogP contribution in [-0.4, -0.2) is 10.1 Å². The van der Waals surface area contributed by atoms with Gasteiger partial charge in [-0.3, -0.25) is 0 Å². The molecule has 0 saturated heterocycles. The second-order valence-electron chi connectivity index (χ2n) is 0. The van der Waals surface area contributed by atoms with Crippen LogP contribution in [0.5, 0.6) is 0 Å². The molecule has 0 nitrogen and oxygen atoms in total. The molecule has 0 bridgehead atoms. The predicted molar refractivity (Wildman–Crippen MR) is 5.75 cm³/mol. The molecule has 1 radical (unpaired) electrons. The minimum Gasteiger partial charge on any atom is 1.00 e. The molecule has 0 aliphatic heterocycles. The maximum absolute atomic E-state index is 0. The quantitative estimate of drug-likeness (QED) is 0.448. The van der Waals surface area contributed by atoms with Gasteiger partial charge in [-0.15, -0.1) is 0 Å². The molecule has 0 saturated carbocycles. The number of hydrogen-bond acceptors (Lipinski definition) is 0. The Kier molecular flexibility index (Phi) is 227. The maximum Gasteiger partial charge on any atom is 2.00 e. The Bertz CT molecular complexity index is 8.00. The summed E-state index contributed by atoms with van der Waals surface area (Å²) >= 11 is 0. The Morgan fingerprint density at radius 3 is 1.00 bits per heavy atom. The van der Waals surface area contributed by atoms with E-state index >= 15 is 0 Å². The van der Waals surface area contributed by atoms with Crippen LogP contribution in [0.15, 0.2) is 0 Å². The summed E-state index contributed by atoms with van der Waals surface area (Å²) in [6, 6.07) is 0. The van der Waals surface area contributed by atoms with Gasteiger partial charge in [0.1, 0.15) is 0 Å². The van der Waals surface area contributed by atoms with E-state index in [0.717, 1.165) is 0 Å². The van der Waals surface area contributed by atoms with Crippen molar-refractivity contribution in [2.24, 2.45) is 0 Å². The van der Waals surface area contributed by atoms with E-state index in [1.54, 1.807) is 0 Å². The Morgan fingerprint density at radius 2 is 1.00 bits per heavy atom. The van der Waals surface area contributed by atoms with Gasteiger partial charge in [0.15, 0.2) is 0 Å². The van der Waals surface area contributed by atoms with Crippen LogP contribution in [0, 0.1) is 0 Å². The van der Waals surface area contributed by atoms with Crippen molar-refractivity contribution in [3.63, 3.8) is 0 Å². The van der Waals surface area contributed by atoms with E-state index in [0.29, 0.717) is 0 Å². The summed E-state index contributed by atoms with van der Waals surface area (Å²) in [5, 5.41) is 0. The van der Waals surface area contributed by atoms with Gasteiger partial charge in [0, 0.05) is 0 Å². The normalized spacial score (nSPS) is 0. The van der Waals surface area contributed by atoms with Gasteiger partial charge in [0.25, 0.3) is 0 Å². The Balaban J connectivity index is 0. The van der Waals surface area contributed by atoms with Gasteiger partial charge in [0.2, 0.25) is 0 Å². The van der Waals surface area contributed by atoms with Gasteiger partial charge in [-0.05, 0) is 0 Å². The number of hydrogen-bond donors (Lipinski definition) is 0. The van der Waals surface area contributed by atoms with Gasteiger partial charge in [-0.2, -0.15) is 0 Å². The van der Waals surface area contributed by atoms with E-state index in [4.69, 9.17) is 0 Å². The molecule has 0 N–H and O–H groups in total. The molecule has 0 atom stereocenters. The van der Waals surface area contributed by atoms with Crippen LogP contribution < -0.4 is 0 Å². The third-order valence-corrected chi connectivity index (χ3v) is 0. The summed E-state index contributed by atoms with van der Waals surface area (Å²) in [5.41, 5.74) is 0. The van der Waals surface area contributed by atoms with E-state index < -0.39 is 0 Å². The molecule has 0 aliphatic carbocycles. The molecule has 0 aliphatic rings. The monoisotopic (exact) mass is 181 g/mol. The zero-order valence-corrected chi connectivity index (χ0v) is 5.10. The zero-order chi connectivity index (χ0) is 0. The van der Waals surface area contributed by atoms with E-state index in [1.807, 2.05) is 0 Å². The molecule has 0 aromatic carbocycles. The van der Waals surface area contributed by atoms with Crippen LogP contribution in [0.4, 0.5) is 0 Å². The van der Waals surface area contributed by atoms with Crippen molar-refractivity contribution in [2.45, 2.75) is 0 Å². The van der Waals surface area contributed by atoms with Crippen LogP contribution in [0.3, 0.4) is 0 Å². The summed E-state index contributed by atoms with van der Waals surface area (Å²) in [4.78, 5) is 0. The van der Waals surface area contributed by atoms with Gasteiger partial charge >= 0.3 is 62.2 Å². The summed E-state index contributed by atoms with van der Waals surface area (Å²) in [7, 11) is 0. The molecular formula is BeCuNiV+7. The van der Waals surface area contributed by atoms with Crippen LogP contribution in [0.1, 0.15) is 0 Å². The average molecular weight is 182 g/mol. The average Bonchev–Trinajstić information content (AvgIpc) is 0. The molecule has 0 heterocycles. The SMILES string of the molecule is [Be+2].[Cu+].[Ni+2].[V+2]. The molecule has 21 valence electrons. The molecule has 0 aromatic rings. The molecule has 0 amide bonds.